The summed E-state index contributed by atoms with van der Waals surface area (Å²) in [6.45, 7) is 5.26. The van der Waals surface area contributed by atoms with E-state index in [-0.39, 0.29) is 5.82 Å². The molecule has 2 aromatic rings. The lowest BCUT2D eigenvalue weighted by molar-refractivity contribution is 0.558. The van der Waals surface area contributed by atoms with Crippen molar-refractivity contribution < 1.29 is 4.39 Å². The highest BCUT2D eigenvalue weighted by molar-refractivity contribution is 5.50. The molecule has 1 heterocycles. The molecule has 0 aliphatic heterocycles. The van der Waals surface area contributed by atoms with Crippen LogP contribution in [-0.4, -0.2) is 20.2 Å². The van der Waals surface area contributed by atoms with Crippen LogP contribution in [0.5, 0.6) is 0 Å². The number of tetrazole rings is 1. The fourth-order valence-corrected chi connectivity index (χ4v) is 1.74. The van der Waals surface area contributed by atoms with E-state index in [9.17, 15) is 4.39 Å². The van der Waals surface area contributed by atoms with E-state index < -0.39 is 0 Å². The van der Waals surface area contributed by atoms with Crippen LogP contribution in [0.25, 0.3) is 0 Å². The molecule has 1 N–H and O–H groups in total. The molecule has 0 radical (unpaired) electrons. The predicted molar refractivity (Wildman–Crippen MR) is 66.6 cm³/mol. The third-order valence-electron chi connectivity index (χ3n) is 2.67. The predicted octanol–water partition coefficient (Wildman–Crippen LogP) is 2.14. The topological polar surface area (TPSA) is 55.6 Å². The molecule has 1 aromatic carbocycles. The number of aromatic nitrogens is 4. The van der Waals surface area contributed by atoms with Crippen LogP contribution in [0.1, 0.15) is 24.7 Å². The number of hydrogen-bond donors (Lipinski definition) is 1. The summed E-state index contributed by atoms with van der Waals surface area (Å²) in [7, 11) is 0. The summed E-state index contributed by atoms with van der Waals surface area (Å²) in [5.41, 5.74) is 1.76. The number of anilines is 1. The second kappa shape index (κ2) is 5.57. The number of hydrogen-bond acceptors (Lipinski definition) is 4. The Morgan fingerprint density at radius 1 is 1.39 bits per heavy atom. The van der Waals surface area contributed by atoms with Crippen molar-refractivity contribution in [2.75, 3.05) is 5.32 Å². The first-order chi connectivity index (χ1) is 8.70. The van der Waals surface area contributed by atoms with Gasteiger partial charge in [0.15, 0.2) is 5.82 Å². The molecule has 0 saturated carbocycles. The highest BCUT2D eigenvalue weighted by Crippen LogP contribution is 2.16. The van der Waals surface area contributed by atoms with Gasteiger partial charge >= 0.3 is 0 Å². The fraction of sp³-hybridized carbons (Fsp3) is 0.417. The Balaban J connectivity index is 2.04. The van der Waals surface area contributed by atoms with Crippen molar-refractivity contribution in [1.82, 2.24) is 20.2 Å². The maximum Gasteiger partial charge on any atom is 0.170 e. The van der Waals surface area contributed by atoms with Crippen LogP contribution in [0.15, 0.2) is 18.2 Å². The second-order valence-corrected chi connectivity index (χ2v) is 4.13. The van der Waals surface area contributed by atoms with E-state index >= 15 is 0 Å². The van der Waals surface area contributed by atoms with Crippen molar-refractivity contribution >= 4 is 5.69 Å². The molecular formula is C12H16FN5. The van der Waals surface area contributed by atoms with Crippen LogP contribution in [0.2, 0.25) is 0 Å². The summed E-state index contributed by atoms with van der Waals surface area (Å²) in [4.78, 5) is 0. The molecule has 6 heteroatoms. The van der Waals surface area contributed by atoms with Crippen LogP contribution in [-0.2, 0) is 13.1 Å². The van der Waals surface area contributed by atoms with Crippen LogP contribution < -0.4 is 5.32 Å². The van der Waals surface area contributed by atoms with Gasteiger partial charge in [0, 0.05) is 12.2 Å². The summed E-state index contributed by atoms with van der Waals surface area (Å²) in [5, 5.41) is 14.7. The minimum atomic E-state index is -0.228. The number of aryl methyl sites for hydroxylation is 2. The van der Waals surface area contributed by atoms with Gasteiger partial charge in [0.25, 0.3) is 0 Å². The van der Waals surface area contributed by atoms with Gasteiger partial charge < -0.3 is 5.32 Å². The van der Waals surface area contributed by atoms with E-state index in [1.165, 1.54) is 12.1 Å². The maximum absolute atomic E-state index is 13.0. The highest BCUT2D eigenvalue weighted by atomic mass is 19.1. The SMILES string of the molecule is CCCn1nnnc1CNc1ccc(F)cc1C. The molecular weight excluding hydrogens is 233 g/mol. The smallest absolute Gasteiger partial charge is 0.170 e. The largest absolute Gasteiger partial charge is 0.377 e. The zero-order valence-electron chi connectivity index (χ0n) is 10.5. The summed E-state index contributed by atoms with van der Waals surface area (Å²) >= 11 is 0. The Hall–Kier alpha value is -1.98. The monoisotopic (exact) mass is 249 g/mol. The molecule has 0 bridgehead atoms. The first kappa shape index (κ1) is 12.5. The lowest BCUT2D eigenvalue weighted by Crippen LogP contribution is -2.10. The van der Waals surface area contributed by atoms with E-state index in [1.807, 2.05) is 6.92 Å². The number of rotatable bonds is 5. The van der Waals surface area contributed by atoms with Gasteiger partial charge in [-0.05, 0) is 47.5 Å². The molecule has 0 aliphatic carbocycles. The number of halogens is 1. The van der Waals surface area contributed by atoms with Gasteiger partial charge in [0.05, 0.1) is 6.54 Å². The van der Waals surface area contributed by atoms with Crippen molar-refractivity contribution in [3.63, 3.8) is 0 Å². The molecule has 1 aromatic heterocycles. The van der Waals surface area contributed by atoms with Crippen molar-refractivity contribution in [2.24, 2.45) is 0 Å². The van der Waals surface area contributed by atoms with Gasteiger partial charge in [-0.1, -0.05) is 6.92 Å². The molecule has 96 valence electrons. The molecule has 0 saturated heterocycles. The van der Waals surface area contributed by atoms with E-state index in [4.69, 9.17) is 0 Å². The van der Waals surface area contributed by atoms with E-state index in [0.717, 1.165) is 30.0 Å². The Bertz CT molecular complexity index is 523. The van der Waals surface area contributed by atoms with E-state index in [0.29, 0.717) is 6.54 Å². The van der Waals surface area contributed by atoms with Crippen LogP contribution in [0.4, 0.5) is 10.1 Å². The average Bonchev–Trinajstić information content (AvgIpc) is 2.76. The molecule has 18 heavy (non-hydrogen) atoms. The van der Waals surface area contributed by atoms with Gasteiger partial charge in [-0.15, -0.1) is 5.10 Å². The first-order valence-corrected chi connectivity index (χ1v) is 5.95. The third-order valence-corrected chi connectivity index (χ3v) is 2.67. The Morgan fingerprint density at radius 3 is 2.94 bits per heavy atom. The highest BCUT2D eigenvalue weighted by Gasteiger charge is 2.06. The zero-order valence-corrected chi connectivity index (χ0v) is 10.5. The molecule has 5 nitrogen and oxygen atoms in total. The van der Waals surface area contributed by atoms with E-state index in [1.54, 1.807) is 10.7 Å². The Kier molecular flexibility index (Phi) is 3.86. The first-order valence-electron chi connectivity index (χ1n) is 5.95. The number of nitrogens with one attached hydrogen (secondary N) is 1. The van der Waals surface area contributed by atoms with E-state index in [2.05, 4.69) is 27.8 Å². The van der Waals surface area contributed by atoms with Crippen LogP contribution >= 0.6 is 0 Å². The molecule has 0 fully saturated rings. The van der Waals surface area contributed by atoms with Gasteiger partial charge in [-0.25, -0.2) is 9.07 Å². The van der Waals surface area contributed by atoms with Crippen molar-refractivity contribution in [3.05, 3.63) is 35.4 Å². The second-order valence-electron chi connectivity index (χ2n) is 4.13. The maximum atomic E-state index is 13.0. The van der Waals surface area contributed by atoms with Gasteiger partial charge in [0.1, 0.15) is 5.82 Å². The number of benzene rings is 1. The summed E-state index contributed by atoms with van der Waals surface area (Å²) in [5.74, 6) is 0.550. The van der Waals surface area contributed by atoms with Crippen LogP contribution in [0, 0.1) is 12.7 Å². The Morgan fingerprint density at radius 2 is 2.22 bits per heavy atom. The molecule has 0 atom stereocenters. The quantitative estimate of drug-likeness (QED) is 0.882. The minimum Gasteiger partial charge on any atom is -0.377 e. The lowest BCUT2D eigenvalue weighted by atomic mass is 10.2. The molecule has 0 aliphatic rings. The van der Waals surface area contributed by atoms with Gasteiger partial charge in [-0.3, -0.25) is 0 Å². The van der Waals surface area contributed by atoms with Crippen molar-refractivity contribution in [3.8, 4) is 0 Å². The molecule has 0 amide bonds. The lowest BCUT2D eigenvalue weighted by Gasteiger charge is -2.09. The normalized spacial score (nSPS) is 10.6. The molecule has 0 unspecified atom stereocenters. The zero-order chi connectivity index (χ0) is 13.0. The summed E-state index contributed by atoms with van der Waals surface area (Å²) in [6.07, 6.45) is 0.980. The molecule has 2 rings (SSSR count). The van der Waals surface area contributed by atoms with Gasteiger partial charge in [-0.2, -0.15) is 0 Å². The fourth-order valence-electron chi connectivity index (χ4n) is 1.74. The third kappa shape index (κ3) is 2.82. The van der Waals surface area contributed by atoms with Crippen LogP contribution in [0.3, 0.4) is 0 Å². The minimum absolute atomic E-state index is 0.228. The Labute approximate surface area is 105 Å². The summed E-state index contributed by atoms with van der Waals surface area (Å²) in [6, 6.07) is 4.65. The molecule has 0 spiro atoms. The number of nitrogens with zero attached hydrogens (tertiary/aromatic N) is 4. The van der Waals surface area contributed by atoms with Crippen molar-refractivity contribution in [2.45, 2.75) is 33.4 Å². The standard InChI is InChI=1S/C12H16FN5/c1-3-6-18-12(15-16-17-18)8-14-11-5-4-10(13)7-9(11)2/h4-5,7,14H,3,6,8H2,1-2H3. The average molecular weight is 249 g/mol. The summed E-state index contributed by atoms with van der Waals surface area (Å²) < 4.78 is 14.7. The van der Waals surface area contributed by atoms with Crippen molar-refractivity contribution in [1.29, 1.82) is 0 Å². The van der Waals surface area contributed by atoms with Gasteiger partial charge in [0.2, 0.25) is 0 Å².